The summed E-state index contributed by atoms with van der Waals surface area (Å²) in [5.41, 5.74) is 2.19. The van der Waals surface area contributed by atoms with Gasteiger partial charge in [0.05, 0.1) is 0 Å². The molecular formula is C10H12ClNO. The van der Waals surface area contributed by atoms with E-state index in [1.807, 2.05) is 38.2 Å². The molecule has 0 bridgehead atoms. The van der Waals surface area contributed by atoms with E-state index in [1.54, 1.807) is 4.90 Å². The largest absolute Gasteiger partial charge is 0.367 e. The Morgan fingerprint density at radius 2 is 2.08 bits per heavy atom. The summed E-state index contributed by atoms with van der Waals surface area (Å²) in [6.07, 6.45) is 0. The van der Waals surface area contributed by atoms with Gasteiger partial charge < -0.3 is 9.19 Å². The predicted molar refractivity (Wildman–Crippen MR) is 55.7 cm³/mol. The Hall–Kier alpha value is -1.15. The molecular weight excluding hydrogens is 186 g/mol. The first-order chi connectivity index (χ1) is 6.16. The number of hydrogen-bond acceptors (Lipinski definition) is 2. The number of halogens is 1. The lowest BCUT2D eigenvalue weighted by Crippen LogP contribution is -2.16. The molecule has 2 nitrogen and oxygen atoms in total. The normalized spacial score (nSPS) is 9.46. The zero-order valence-corrected chi connectivity index (χ0v) is 8.51. The zero-order valence-electron chi connectivity index (χ0n) is 7.75. The fourth-order valence-electron chi connectivity index (χ4n) is 1.13. The van der Waals surface area contributed by atoms with Crippen LogP contribution >= 0.6 is 11.9 Å². The molecule has 1 rings (SSSR count). The van der Waals surface area contributed by atoms with Crippen LogP contribution in [-0.4, -0.2) is 7.05 Å². The number of nitrogens with zero attached hydrogens (tertiary/aromatic N) is 1. The van der Waals surface area contributed by atoms with Gasteiger partial charge in [0.15, 0.2) is 0 Å². The van der Waals surface area contributed by atoms with Crippen LogP contribution in [0, 0.1) is 6.92 Å². The van der Waals surface area contributed by atoms with Crippen molar-refractivity contribution >= 4 is 17.6 Å². The molecule has 0 aliphatic rings. The Morgan fingerprint density at radius 1 is 1.46 bits per heavy atom. The van der Waals surface area contributed by atoms with Gasteiger partial charge in [0.25, 0.3) is 0 Å². The van der Waals surface area contributed by atoms with E-state index < -0.39 is 0 Å². The van der Waals surface area contributed by atoms with Gasteiger partial charge in [-0.3, -0.25) is 0 Å². The van der Waals surface area contributed by atoms with Crippen LogP contribution in [0.15, 0.2) is 36.7 Å². The van der Waals surface area contributed by atoms with Crippen molar-refractivity contribution < 1.29 is 4.29 Å². The highest BCUT2D eigenvalue weighted by Gasteiger charge is 2.07. The van der Waals surface area contributed by atoms with Crippen LogP contribution < -0.4 is 4.90 Å². The van der Waals surface area contributed by atoms with Gasteiger partial charge in [-0.05, 0) is 25.1 Å². The molecule has 0 N–H and O–H groups in total. The summed E-state index contributed by atoms with van der Waals surface area (Å²) in [7, 11) is 1.85. The SMILES string of the molecule is C=C(OCl)N(C)c1ccccc1C. The maximum Gasteiger partial charge on any atom is 0.210 e. The number of benzene rings is 1. The number of rotatable bonds is 3. The second kappa shape index (κ2) is 4.19. The van der Waals surface area contributed by atoms with E-state index in [-0.39, 0.29) is 0 Å². The van der Waals surface area contributed by atoms with Crippen LogP contribution in [-0.2, 0) is 4.29 Å². The molecule has 0 spiro atoms. The quantitative estimate of drug-likeness (QED) is 0.691. The van der Waals surface area contributed by atoms with Gasteiger partial charge in [0.2, 0.25) is 5.88 Å². The van der Waals surface area contributed by atoms with Crippen LogP contribution in [0.3, 0.4) is 0 Å². The molecule has 13 heavy (non-hydrogen) atoms. The summed E-state index contributed by atoms with van der Waals surface area (Å²) in [6, 6.07) is 7.95. The van der Waals surface area contributed by atoms with Crippen molar-refractivity contribution in [3.05, 3.63) is 42.3 Å². The lowest BCUT2D eigenvalue weighted by Gasteiger charge is -2.20. The molecule has 70 valence electrons. The highest BCUT2D eigenvalue weighted by atomic mass is 35.5. The summed E-state index contributed by atoms with van der Waals surface area (Å²) in [6.45, 7) is 5.68. The molecule has 1 aromatic carbocycles. The van der Waals surface area contributed by atoms with E-state index in [4.69, 9.17) is 11.9 Å². The Bertz CT molecular complexity index is 312. The lowest BCUT2D eigenvalue weighted by molar-refractivity contribution is 0.459. The molecule has 0 fully saturated rings. The minimum Gasteiger partial charge on any atom is -0.367 e. The van der Waals surface area contributed by atoms with Crippen molar-refractivity contribution in [1.82, 2.24) is 0 Å². The summed E-state index contributed by atoms with van der Waals surface area (Å²) in [5, 5.41) is 0. The van der Waals surface area contributed by atoms with Gasteiger partial charge >= 0.3 is 0 Å². The van der Waals surface area contributed by atoms with Crippen molar-refractivity contribution in [3.8, 4) is 0 Å². The molecule has 1 aromatic rings. The van der Waals surface area contributed by atoms with Gasteiger partial charge in [0, 0.05) is 12.7 Å². The Balaban J connectivity index is 2.95. The number of hydrogen-bond donors (Lipinski definition) is 0. The molecule has 0 atom stereocenters. The van der Waals surface area contributed by atoms with Gasteiger partial charge in [0.1, 0.15) is 11.9 Å². The minimum atomic E-state index is 0.413. The summed E-state index contributed by atoms with van der Waals surface area (Å²) >= 11 is 5.21. The Labute approximate surface area is 83.6 Å². The molecule has 0 saturated heterocycles. The van der Waals surface area contributed by atoms with Gasteiger partial charge in [-0.1, -0.05) is 18.2 Å². The third-order valence-corrected chi connectivity index (χ3v) is 2.12. The second-order valence-electron chi connectivity index (χ2n) is 2.82. The van der Waals surface area contributed by atoms with Gasteiger partial charge in [-0.15, -0.1) is 0 Å². The molecule has 0 aliphatic heterocycles. The predicted octanol–water partition coefficient (Wildman–Crippen LogP) is 3.07. The van der Waals surface area contributed by atoms with Gasteiger partial charge in [-0.2, -0.15) is 0 Å². The van der Waals surface area contributed by atoms with Crippen LogP contribution in [0.4, 0.5) is 5.69 Å². The third-order valence-electron chi connectivity index (χ3n) is 1.94. The Morgan fingerprint density at radius 3 is 2.62 bits per heavy atom. The summed E-state index contributed by atoms with van der Waals surface area (Å²) in [5.74, 6) is 0.413. The van der Waals surface area contributed by atoms with Crippen LogP contribution in [0.1, 0.15) is 5.56 Å². The van der Waals surface area contributed by atoms with E-state index in [0.29, 0.717) is 5.88 Å². The third kappa shape index (κ3) is 2.16. The second-order valence-corrected chi connectivity index (χ2v) is 2.97. The maximum absolute atomic E-state index is 5.21. The first-order valence-corrected chi connectivity index (χ1v) is 4.24. The molecule has 0 saturated carbocycles. The molecule has 3 heteroatoms. The van der Waals surface area contributed by atoms with Crippen molar-refractivity contribution in [3.63, 3.8) is 0 Å². The zero-order chi connectivity index (χ0) is 9.84. The monoisotopic (exact) mass is 197 g/mol. The summed E-state index contributed by atoms with van der Waals surface area (Å²) in [4.78, 5) is 1.79. The molecule has 0 aromatic heterocycles. The Kier molecular flexibility index (Phi) is 3.20. The van der Waals surface area contributed by atoms with E-state index >= 15 is 0 Å². The van der Waals surface area contributed by atoms with Crippen LogP contribution in [0.25, 0.3) is 0 Å². The summed E-state index contributed by atoms with van der Waals surface area (Å²) < 4.78 is 4.53. The van der Waals surface area contributed by atoms with Gasteiger partial charge in [-0.25, -0.2) is 0 Å². The van der Waals surface area contributed by atoms with E-state index in [2.05, 4.69) is 10.9 Å². The molecule has 0 aliphatic carbocycles. The average Bonchev–Trinajstić information content (AvgIpc) is 2.16. The highest BCUT2D eigenvalue weighted by molar-refractivity contribution is 6.08. The van der Waals surface area contributed by atoms with Crippen LogP contribution in [0.2, 0.25) is 0 Å². The topological polar surface area (TPSA) is 12.5 Å². The standard InChI is InChI=1S/C10H12ClNO/c1-8-6-4-5-7-10(8)12(3)9(2)13-11/h4-7H,2H2,1,3H3. The fraction of sp³-hybridized carbons (Fsp3) is 0.200. The van der Waals surface area contributed by atoms with E-state index in [9.17, 15) is 0 Å². The first kappa shape index (κ1) is 9.93. The molecule has 0 radical (unpaired) electrons. The maximum atomic E-state index is 5.21. The fourth-order valence-corrected chi connectivity index (χ4v) is 1.23. The molecule has 0 heterocycles. The van der Waals surface area contributed by atoms with E-state index in [0.717, 1.165) is 11.3 Å². The highest BCUT2D eigenvalue weighted by Crippen LogP contribution is 2.21. The van der Waals surface area contributed by atoms with Crippen molar-refractivity contribution in [2.45, 2.75) is 6.92 Å². The van der Waals surface area contributed by atoms with E-state index in [1.165, 1.54) is 0 Å². The first-order valence-electron chi connectivity index (χ1n) is 3.93. The lowest BCUT2D eigenvalue weighted by atomic mass is 10.2. The number of para-hydroxylation sites is 1. The smallest absolute Gasteiger partial charge is 0.210 e. The molecule has 0 amide bonds. The molecule has 0 unspecified atom stereocenters. The minimum absolute atomic E-state index is 0.413. The van der Waals surface area contributed by atoms with Crippen molar-refractivity contribution in [2.24, 2.45) is 0 Å². The average molecular weight is 198 g/mol. The van der Waals surface area contributed by atoms with Crippen molar-refractivity contribution in [1.29, 1.82) is 0 Å². The van der Waals surface area contributed by atoms with Crippen molar-refractivity contribution in [2.75, 3.05) is 11.9 Å². The van der Waals surface area contributed by atoms with Crippen LogP contribution in [0.5, 0.6) is 0 Å². The number of anilines is 1. The number of aryl methyl sites for hydroxylation is 1.